The van der Waals surface area contributed by atoms with Crippen molar-refractivity contribution in [3.63, 3.8) is 0 Å². The normalized spacial score (nSPS) is 18.8. The van der Waals surface area contributed by atoms with Gasteiger partial charge in [0.15, 0.2) is 0 Å². The van der Waals surface area contributed by atoms with Crippen molar-refractivity contribution in [1.82, 2.24) is 0 Å². The fourth-order valence-electron chi connectivity index (χ4n) is 5.13. The van der Waals surface area contributed by atoms with E-state index in [0.717, 1.165) is 17.5 Å². The summed E-state index contributed by atoms with van der Waals surface area (Å²) in [5, 5.41) is 2.45. The summed E-state index contributed by atoms with van der Waals surface area (Å²) in [6.07, 6.45) is 3.22. The number of rotatable bonds is 2. The lowest BCUT2D eigenvalue weighted by Crippen LogP contribution is -2.66. The molecular formula is C22H27NO2Si2. The molecule has 0 atom stereocenters. The molecular weight excluding hydrogens is 366 g/mol. The van der Waals surface area contributed by atoms with Crippen LogP contribution in [-0.2, 0) is 10.5 Å². The van der Waals surface area contributed by atoms with Crippen molar-refractivity contribution in [2.45, 2.75) is 46.5 Å². The predicted octanol–water partition coefficient (Wildman–Crippen LogP) is 3.57. The molecule has 4 rings (SSSR count). The van der Waals surface area contributed by atoms with Crippen LogP contribution >= 0.6 is 0 Å². The van der Waals surface area contributed by atoms with Crippen LogP contribution in [0.25, 0.3) is 17.2 Å². The average molecular weight is 394 g/mol. The van der Waals surface area contributed by atoms with Crippen LogP contribution in [0.3, 0.4) is 0 Å². The summed E-state index contributed by atoms with van der Waals surface area (Å²) in [5.41, 5.74) is 13.9. The molecule has 3 nitrogen and oxygen atoms in total. The molecule has 2 N–H and O–H groups in total. The second-order valence-corrected chi connectivity index (χ2v) is 16.8. The molecule has 0 unspecified atom stereocenters. The molecule has 1 amide bonds. The molecule has 140 valence electrons. The highest BCUT2D eigenvalue weighted by atomic mass is 28.4. The Balaban J connectivity index is 2.15. The Labute approximate surface area is 163 Å². The average Bonchev–Trinajstić information content (AvgIpc) is 2.91. The summed E-state index contributed by atoms with van der Waals surface area (Å²) in [6.45, 7) is 13.3. The van der Waals surface area contributed by atoms with Crippen LogP contribution in [0.5, 0.6) is 0 Å². The number of nitrogens with two attached hydrogens (primary N) is 1. The van der Waals surface area contributed by atoms with E-state index in [1.807, 2.05) is 6.07 Å². The van der Waals surface area contributed by atoms with Crippen molar-refractivity contribution in [3.05, 3.63) is 52.1 Å². The van der Waals surface area contributed by atoms with E-state index in [-0.39, 0.29) is 5.91 Å². The first-order valence-corrected chi connectivity index (χ1v) is 15.3. The van der Waals surface area contributed by atoms with Gasteiger partial charge in [0.2, 0.25) is 22.5 Å². The second-order valence-electron chi connectivity index (χ2n) is 8.88. The smallest absolute Gasteiger partial charge is 0.249 e. The van der Waals surface area contributed by atoms with E-state index < -0.39 is 16.6 Å². The highest BCUT2D eigenvalue weighted by molar-refractivity contribution is 7.00. The van der Waals surface area contributed by atoms with Crippen LogP contribution in [-0.4, -0.2) is 22.5 Å². The van der Waals surface area contributed by atoms with Crippen molar-refractivity contribution in [3.8, 4) is 11.1 Å². The fraction of sp³-hybridized carbons (Fsp3) is 0.318. The molecule has 0 fully saturated rings. The van der Waals surface area contributed by atoms with E-state index in [1.54, 1.807) is 0 Å². The van der Waals surface area contributed by atoms with E-state index in [2.05, 4.69) is 64.3 Å². The van der Waals surface area contributed by atoms with Crippen LogP contribution in [0.15, 0.2) is 29.8 Å². The molecule has 0 aromatic heterocycles. The van der Waals surface area contributed by atoms with Gasteiger partial charge in [-0.3, -0.25) is 4.79 Å². The molecule has 1 aliphatic carbocycles. The number of fused-ring (bicyclic) bond motifs is 3. The van der Waals surface area contributed by atoms with Crippen LogP contribution in [0.4, 0.5) is 0 Å². The first-order valence-electron chi connectivity index (χ1n) is 9.51. The Hall–Kier alpha value is -1.96. The van der Waals surface area contributed by atoms with E-state index in [4.69, 9.17) is 9.85 Å². The first kappa shape index (κ1) is 18.4. The van der Waals surface area contributed by atoms with Gasteiger partial charge in [-0.2, -0.15) is 0 Å². The standard InChI is InChI=1S/C22H27NO2Si2/c1-13-10-15-8-7-9-16(17(15)11-13)20-18(22(23)24)12-19-14(2)21(20)27(5,6)25-26(19,3)4/h7-9,11-12H,10H2,1-6H3,(H2,23,24). The van der Waals surface area contributed by atoms with Crippen molar-refractivity contribution in [2.24, 2.45) is 5.73 Å². The fourth-order valence-corrected chi connectivity index (χ4v) is 14.6. The number of hydrogen-bond donors (Lipinski definition) is 1. The second kappa shape index (κ2) is 5.77. The van der Waals surface area contributed by atoms with Gasteiger partial charge >= 0.3 is 0 Å². The zero-order chi connectivity index (χ0) is 19.7. The lowest BCUT2D eigenvalue weighted by molar-refractivity contribution is 0.100. The van der Waals surface area contributed by atoms with Gasteiger partial charge in [0.1, 0.15) is 0 Å². The SMILES string of the molecule is CC1=Cc2c(cccc2-c2c(C(N)=O)cc3c(C)c2[Si](C)(C)O[Si]3(C)C)C1. The number of hydrogen-bond acceptors (Lipinski definition) is 2. The Morgan fingerprint density at radius 1 is 1.11 bits per heavy atom. The van der Waals surface area contributed by atoms with Crippen LogP contribution < -0.4 is 16.1 Å². The maximum absolute atomic E-state index is 12.5. The molecule has 0 saturated carbocycles. The Morgan fingerprint density at radius 3 is 2.48 bits per heavy atom. The molecule has 2 aromatic carbocycles. The van der Waals surface area contributed by atoms with Crippen LogP contribution in [0.1, 0.15) is 34.0 Å². The summed E-state index contributed by atoms with van der Waals surface area (Å²) in [6, 6.07) is 8.43. The number of benzene rings is 2. The molecule has 2 aromatic rings. The van der Waals surface area contributed by atoms with E-state index >= 15 is 0 Å². The minimum absolute atomic E-state index is 0.347. The largest absolute Gasteiger partial charge is 0.449 e. The number of primary amides is 1. The van der Waals surface area contributed by atoms with Crippen LogP contribution in [0.2, 0.25) is 26.2 Å². The molecule has 1 heterocycles. The molecule has 0 radical (unpaired) electrons. The van der Waals surface area contributed by atoms with E-state index in [9.17, 15) is 4.79 Å². The molecule has 2 bridgehead atoms. The quantitative estimate of drug-likeness (QED) is 0.793. The summed E-state index contributed by atoms with van der Waals surface area (Å²) >= 11 is 0. The summed E-state index contributed by atoms with van der Waals surface area (Å²) in [5.74, 6) is -0.347. The molecule has 0 spiro atoms. The summed E-state index contributed by atoms with van der Waals surface area (Å²) in [7, 11) is -4.23. The van der Waals surface area contributed by atoms with Gasteiger partial charge in [0.05, 0.1) is 0 Å². The maximum atomic E-state index is 12.5. The van der Waals surface area contributed by atoms with Crippen LogP contribution in [0, 0.1) is 6.92 Å². The molecule has 27 heavy (non-hydrogen) atoms. The third-order valence-corrected chi connectivity index (χ3v) is 13.7. The Morgan fingerprint density at radius 2 is 1.81 bits per heavy atom. The van der Waals surface area contributed by atoms with Crippen molar-refractivity contribution in [1.29, 1.82) is 0 Å². The molecule has 5 heteroatoms. The summed E-state index contributed by atoms with van der Waals surface area (Å²) in [4.78, 5) is 12.5. The van der Waals surface area contributed by atoms with Gasteiger partial charge in [-0.25, -0.2) is 0 Å². The zero-order valence-corrected chi connectivity index (χ0v) is 19.0. The van der Waals surface area contributed by atoms with E-state index in [0.29, 0.717) is 5.56 Å². The summed E-state index contributed by atoms with van der Waals surface area (Å²) < 4.78 is 6.77. The Bertz CT molecular complexity index is 1040. The highest BCUT2D eigenvalue weighted by Gasteiger charge is 2.46. The minimum atomic E-state index is -2.18. The molecule has 0 saturated heterocycles. The number of amides is 1. The predicted molar refractivity (Wildman–Crippen MR) is 118 cm³/mol. The lowest BCUT2D eigenvalue weighted by Gasteiger charge is -2.43. The lowest BCUT2D eigenvalue weighted by atomic mass is 9.91. The monoisotopic (exact) mass is 393 g/mol. The Kier molecular flexibility index (Phi) is 3.93. The van der Waals surface area contributed by atoms with Gasteiger partial charge in [0, 0.05) is 5.56 Å². The maximum Gasteiger partial charge on any atom is 0.249 e. The molecule has 2 aliphatic rings. The first-order chi connectivity index (χ1) is 12.5. The third kappa shape index (κ3) is 2.68. The van der Waals surface area contributed by atoms with Gasteiger partial charge in [-0.1, -0.05) is 29.8 Å². The van der Waals surface area contributed by atoms with Crippen molar-refractivity contribution in [2.75, 3.05) is 0 Å². The van der Waals surface area contributed by atoms with Crippen molar-refractivity contribution >= 4 is 39.0 Å². The van der Waals surface area contributed by atoms with E-state index in [1.165, 1.54) is 32.6 Å². The molecule has 1 aliphatic heterocycles. The van der Waals surface area contributed by atoms with Gasteiger partial charge in [0.25, 0.3) is 0 Å². The highest BCUT2D eigenvalue weighted by Crippen LogP contribution is 2.37. The van der Waals surface area contributed by atoms with Crippen molar-refractivity contribution < 1.29 is 8.91 Å². The number of carbonyl (C=O) groups is 1. The zero-order valence-electron chi connectivity index (χ0n) is 17.0. The topological polar surface area (TPSA) is 52.3 Å². The number of carbonyl (C=O) groups excluding carboxylic acids is 1. The van der Waals surface area contributed by atoms with Gasteiger partial charge in [-0.05, 0) is 90.7 Å². The number of allylic oxidation sites excluding steroid dienone is 1. The third-order valence-electron chi connectivity index (χ3n) is 5.94. The van der Waals surface area contributed by atoms with Gasteiger partial charge in [-0.15, -0.1) is 0 Å². The van der Waals surface area contributed by atoms with Gasteiger partial charge < -0.3 is 9.85 Å². The minimum Gasteiger partial charge on any atom is -0.449 e.